The van der Waals surface area contributed by atoms with Gasteiger partial charge in [0.05, 0.1) is 25.1 Å². The SMILES string of the molecule is NCCCOc1ccc(C(=O)N2C[C@H](O)[C@@H](n3cnc4c(N)nc(N)nc43)C2)cc1. The van der Waals surface area contributed by atoms with Crippen LogP contribution < -0.4 is 21.9 Å². The Bertz CT molecular complexity index is 1050. The number of anilines is 2. The molecule has 1 fully saturated rings. The minimum atomic E-state index is -0.789. The van der Waals surface area contributed by atoms with Crippen molar-refractivity contribution in [1.82, 2.24) is 24.4 Å². The standard InChI is InChI=1S/C19H24N8O3/c20-6-1-7-30-12-4-2-11(3-5-12)18(29)26-8-13(14(28)9-26)27-10-23-15-16(21)24-19(22)25-17(15)27/h2-5,10,13-14,28H,1,6-9,20H2,(H4,21,22,24,25)/t13-,14-/m0/s1. The number of nitrogens with two attached hydrogens (primary N) is 3. The van der Waals surface area contributed by atoms with Crippen molar-refractivity contribution in [3.63, 3.8) is 0 Å². The number of fused-ring (bicyclic) bond motifs is 1. The molecular weight excluding hydrogens is 388 g/mol. The van der Waals surface area contributed by atoms with Crippen LogP contribution in [0.3, 0.4) is 0 Å². The molecule has 1 amide bonds. The van der Waals surface area contributed by atoms with Gasteiger partial charge < -0.3 is 36.5 Å². The Labute approximate surface area is 172 Å². The van der Waals surface area contributed by atoms with Crippen LogP contribution in [0.2, 0.25) is 0 Å². The number of ether oxygens (including phenoxy) is 1. The Morgan fingerprint density at radius 3 is 2.70 bits per heavy atom. The van der Waals surface area contributed by atoms with Gasteiger partial charge in [-0.3, -0.25) is 4.79 Å². The Hall–Kier alpha value is -3.44. The van der Waals surface area contributed by atoms with Crippen LogP contribution >= 0.6 is 0 Å². The van der Waals surface area contributed by atoms with E-state index in [-0.39, 0.29) is 24.2 Å². The first-order valence-electron chi connectivity index (χ1n) is 9.63. The third-order valence-electron chi connectivity index (χ3n) is 5.09. The molecule has 30 heavy (non-hydrogen) atoms. The maximum absolute atomic E-state index is 12.9. The summed E-state index contributed by atoms with van der Waals surface area (Å²) < 4.78 is 7.25. The Balaban J connectivity index is 1.50. The number of hydrogen-bond acceptors (Lipinski definition) is 9. The van der Waals surface area contributed by atoms with E-state index in [1.807, 2.05) is 0 Å². The number of nitrogen functional groups attached to an aromatic ring is 2. The molecule has 11 heteroatoms. The average molecular weight is 412 g/mol. The lowest BCUT2D eigenvalue weighted by atomic mass is 10.2. The molecule has 0 radical (unpaired) electrons. The van der Waals surface area contributed by atoms with E-state index in [0.717, 1.165) is 6.42 Å². The van der Waals surface area contributed by atoms with Gasteiger partial charge in [-0.1, -0.05) is 0 Å². The number of hydrogen-bond donors (Lipinski definition) is 4. The van der Waals surface area contributed by atoms with Gasteiger partial charge >= 0.3 is 0 Å². The van der Waals surface area contributed by atoms with Crippen molar-refractivity contribution in [2.75, 3.05) is 37.7 Å². The van der Waals surface area contributed by atoms with Gasteiger partial charge in [-0.15, -0.1) is 0 Å². The fourth-order valence-electron chi connectivity index (χ4n) is 3.56. The molecule has 0 saturated carbocycles. The topological polar surface area (TPSA) is 171 Å². The third-order valence-corrected chi connectivity index (χ3v) is 5.09. The number of aliphatic hydroxyl groups excluding tert-OH is 1. The van der Waals surface area contributed by atoms with Crippen LogP contribution in [0.25, 0.3) is 11.2 Å². The van der Waals surface area contributed by atoms with Gasteiger partial charge in [-0.2, -0.15) is 9.97 Å². The van der Waals surface area contributed by atoms with Crippen LogP contribution in [0.15, 0.2) is 30.6 Å². The molecule has 1 aliphatic heterocycles. The van der Waals surface area contributed by atoms with Crippen molar-refractivity contribution in [3.05, 3.63) is 36.2 Å². The summed E-state index contributed by atoms with van der Waals surface area (Å²) in [5.74, 6) is 0.698. The number of β-amino-alcohol motifs (C(OH)–C–C–N with tert-alkyl or cyclic N) is 1. The van der Waals surface area contributed by atoms with E-state index in [2.05, 4.69) is 15.0 Å². The second-order valence-corrected chi connectivity index (χ2v) is 7.15. The van der Waals surface area contributed by atoms with Gasteiger partial charge in [0.25, 0.3) is 5.91 Å². The zero-order valence-corrected chi connectivity index (χ0v) is 16.3. The van der Waals surface area contributed by atoms with Crippen LogP contribution in [-0.4, -0.2) is 67.8 Å². The number of benzene rings is 1. The first-order valence-corrected chi connectivity index (χ1v) is 9.63. The number of aliphatic hydroxyl groups is 1. The summed E-state index contributed by atoms with van der Waals surface area (Å²) in [6.45, 7) is 1.58. The lowest BCUT2D eigenvalue weighted by Gasteiger charge is -2.17. The molecule has 158 valence electrons. The average Bonchev–Trinajstić information content (AvgIpc) is 3.31. The van der Waals surface area contributed by atoms with Crippen molar-refractivity contribution in [2.45, 2.75) is 18.6 Å². The van der Waals surface area contributed by atoms with E-state index in [9.17, 15) is 9.90 Å². The summed E-state index contributed by atoms with van der Waals surface area (Å²) in [5, 5.41) is 10.6. The summed E-state index contributed by atoms with van der Waals surface area (Å²) in [6, 6.07) is 6.49. The van der Waals surface area contributed by atoms with Crippen LogP contribution in [0.5, 0.6) is 5.75 Å². The molecule has 7 N–H and O–H groups in total. The van der Waals surface area contributed by atoms with E-state index in [0.29, 0.717) is 42.2 Å². The van der Waals surface area contributed by atoms with Gasteiger partial charge in [-0.25, -0.2) is 4.98 Å². The lowest BCUT2D eigenvalue weighted by Crippen LogP contribution is -2.29. The maximum Gasteiger partial charge on any atom is 0.254 e. The zero-order valence-electron chi connectivity index (χ0n) is 16.3. The van der Waals surface area contributed by atoms with Crippen molar-refractivity contribution < 1.29 is 14.6 Å². The van der Waals surface area contributed by atoms with Gasteiger partial charge in [0, 0.05) is 18.7 Å². The monoisotopic (exact) mass is 412 g/mol. The summed E-state index contributed by atoms with van der Waals surface area (Å²) in [4.78, 5) is 26.8. The number of carbonyl (C=O) groups is 1. The van der Waals surface area contributed by atoms with Crippen molar-refractivity contribution in [3.8, 4) is 5.75 Å². The molecule has 0 aliphatic carbocycles. The molecule has 1 aliphatic rings. The molecule has 11 nitrogen and oxygen atoms in total. The van der Waals surface area contributed by atoms with Gasteiger partial charge in [-0.05, 0) is 37.2 Å². The highest BCUT2D eigenvalue weighted by Gasteiger charge is 2.36. The number of likely N-dealkylation sites (tertiary alicyclic amines) is 1. The van der Waals surface area contributed by atoms with Crippen LogP contribution in [0.4, 0.5) is 11.8 Å². The zero-order chi connectivity index (χ0) is 21.3. The fourth-order valence-corrected chi connectivity index (χ4v) is 3.56. The Morgan fingerprint density at radius 1 is 1.20 bits per heavy atom. The Morgan fingerprint density at radius 2 is 1.97 bits per heavy atom. The lowest BCUT2D eigenvalue weighted by molar-refractivity contribution is 0.0764. The summed E-state index contributed by atoms with van der Waals surface area (Å²) in [5.41, 5.74) is 18.4. The predicted molar refractivity (Wildman–Crippen MR) is 111 cm³/mol. The number of nitrogens with zero attached hydrogens (tertiary/aromatic N) is 5. The molecule has 1 saturated heterocycles. The number of imidazole rings is 1. The highest BCUT2D eigenvalue weighted by Crippen LogP contribution is 2.28. The summed E-state index contributed by atoms with van der Waals surface area (Å²) in [6.07, 6.45) is 1.51. The molecule has 3 aromatic rings. The van der Waals surface area contributed by atoms with Gasteiger partial charge in [0.1, 0.15) is 11.3 Å². The minimum absolute atomic E-state index is 0.0240. The molecule has 3 heterocycles. The third kappa shape index (κ3) is 3.72. The summed E-state index contributed by atoms with van der Waals surface area (Å²) >= 11 is 0. The number of rotatable bonds is 6. The molecule has 0 bridgehead atoms. The van der Waals surface area contributed by atoms with E-state index < -0.39 is 12.1 Å². The van der Waals surface area contributed by atoms with Gasteiger partial charge in [0.15, 0.2) is 11.5 Å². The molecule has 0 spiro atoms. The van der Waals surface area contributed by atoms with Crippen LogP contribution in [0, 0.1) is 0 Å². The molecule has 1 aromatic carbocycles. The second kappa shape index (κ2) is 8.13. The Kier molecular flexibility index (Phi) is 5.38. The molecule has 2 atom stereocenters. The highest BCUT2D eigenvalue weighted by molar-refractivity contribution is 5.94. The number of aromatic nitrogens is 4. The van der Waals surface area contributed by atoms with E-state index in [1.54, 1.807) is 33.7 Å². The number of carbonyl (C=O) groups excluding carboxylic acids is 1. The van der Waals surface area contributed by atoms with E-state index in [1.165, 1.54) is 6.33 Å². The highest BCUT2D eigenvalue weighted by atomic mass is 16.5. The first-order chi connectivity index (χ1) is 14.5. The van der Waals surface area contributed by atoms with Gasteiger partial charge in [0.2, 0.25) is 5.95 Å². The molecule has 0 unspecified atom stereocenters. The van der Waals surface area contributed by atoms with Crippen LogP contribution in [0.1, 0.15) is 22.8 Å². The first kappa shape index (κ1) is 19.9. The number of amides is 1. The second-order valence-electron chi connectivity index (χ2n) is 7.15. The maximum atomic E-state index is 12.9. The van der Waals surface area contributed by atoms with E-state index >= 15 is 0 Å². The largest absolute Gasteiger partial charge is 0.494 e. The van der Waals surface area contributed by atoms with Crippen molar-refractivity contribution in [2.24, 2.45) is 5.73 Å². The normalized spacial score (nSPS) is 18.8. The summed E-state index contributed by atoms with van der Waals surface area (Å²) in [7, 11) is 0. The van der Waals surface area contributed by atoms with Crippen LogP contribution in [-0.2, 0) is 0 Å². The molecule has 4 rings (SSSR count). The quantitative estimate of drug-likeness (QED) is 0.399. The molecule has 2 aromatic heterocycles. The van der Waals surface area contributed by atoms with E-state index in [4.69, 9.17) is 21.9 Å². The molecular formula is C19H24N8O3. The fraction of sp³-hybridized carbons (Fsp3) is 0.368. The van der Waals surface area contributed by atoms with Crippen molar-refractivity contribution >= 4 is 28.8 Å². The smallest absolute Gasteiger partial charge is 0.254 e. The predicted octanol–water partition coefficient (Wildman–Crippen LogP) is -0.224. The van der Waals surface area contributed by atoms with Crippen molar-refractivity contribution in [1.29, 1.82) is 0 Å². The minimum Gasteiger partial charge on any atom is -0.494 e.